The van der Waals surface area contributed by atoms with Gasteiger partial charge in [-0.1, -0.05) is 50.2 Å². The Kier molecular flexibility index (Phi) is 5.10. The van der Waals surface area contributed by atoms with Crippen LogP contribution in [0.3, 0.4) is 0 Å². The van der Waals surface area contributed by atoms with Crippen LogP contribution in [-0.2, 0) is 24.4 Å². The van der Waals surface area contributed by atoms with Gasteiger partial charge >= 0.3 is 0 Å². The molecular weight excluding hydrogens is 376 g/mol. The predicted octanol–water partition coefficient (Wildman–Crippen LogP) is 3.30. The van der Waals surface area contributed by atoms with E-state index in [2.05, 4.69) is 17.1 Å². The standard InChI is InChI=1S/C24H28N4O2/c1-16(2)24(3)12-21(29)28(23(25)26-24)13-17-8-10-18(11-9-17)22(30)27-14-19-6-4-5-7-20(19)15-27/h4-11,16H,12-15H2,1-3H3,(H2,25,26)/t24-/m0/s1. The van der Waals surface area contributed by atoms with Gasteiger partial charge < -0.3 is 10.6 Å². The number of nitrogens with two attached hydrogens (primary N) is 1. The van der Waals surface area contributed by atoms with Crippen molar-refractivity contribution in [2.45, 2.75) is 52.4 Å². The van der Waals surface area contributed by atoms with Crippen LogP contribution in [0, 0.1) is 5.92 Å². The van der Waals surface area contributed by atoms with Gasteiger partial charge in [0.25, 0.3) is 5.91 Å². The number of guanidine groups is 1. The SMILES string of the molecule is CC(C)[C@]1(C)CC(=O)N(Cc2ccc(C(=O)N3Cc4ccccc4C3)cc2)C(N)=N1. The van der Waals surface area contributed by atoms with Crippen molar-refractivity contribution < 1.29 is 9.59 Å². The predicted molar refractivity (Wildman–Crippen MR) is 116 cm³/mol. The summed E-state index contributed by atoms with van der Waals surface area (Å²) in [6.45, 7) is 7.70. The maximum Gasteiger partial charge on any atom is 0.254 e. The molecule has 6 nitrogen and oxygen atoms in total. The molecule has 0 spiro atoms. The molecule has 2 amide bonds. The first-order valence-electron chi connectivity index (χ1n) is 10.4. The lowest BCUT2D eigenvalue weighted by Crippen LogP contribution is -2.51. The molecule has 0 saturated heterocycles. The smallest absolute Gasteiger partial charge is 0.254 e. The minimum absolute atomic E-state index is 0.0144. The summed E-state index contributed by atoms with van der Waals surface area (Å²) in [5.74, 6) is 0.482. The van der Waals surface area contributed by atoms with Crippen LogP contribution in [0.15, 0.2) is 53.5 Å². The van der Waals surface area contributed by atoms with Gasteiger partial charge in [-0.15, -0.1) is 0 Å². The highest BCUT2D eigenvalue weighted by molar-refractivity contribution is 5.99. The molecule has 1 atom stereocenters. The Bertz CT molecular complexity index is 987. The molecule has 0 unspecified atom stereocenters. The fraction of sp³-hybridized carbons (Fsp3) is 0.375. The van der Waals surface area contributed by atoms with E-state index in [0.717, 1.165) is 5.56 Å². The van der Waals surface area contributed by atoms with E-state index in [0.29, 0.717) is 31.6 Å². The molecule has 2 aliphatic rings. The zero-order chi connectivity index (χ0) is 21.5. The summed E-state index contributed by atoms with van der Waals surface area (Å²) in [5, 5.41) is 0. The number of benzene rings is 2. The fourth-order valence-electron chi connectivity index (χ4n) is 3.99. The van der Waals surface area contributed by atoms with Crippen LogP contribution < -0.4 is 5.73 Å². The van der Waals surface area contributed by atoms with Crippen LogP contribution in [0.2, 0.25) is 0 Å². The van der Waals surface area contributed by atoms with E-state index in [4.69, 9.17) is 5.73 Å². The van der Waals surface area contributed by atoms with Crippen molar-refractivity contribution in [3.63, 3.8) is 0 Å². The molecule has 2 aromatic carbocycles. The fourth-order valence-corrected chi connectivity index (χ4v) is 3.99. The molecule has 0 aromatic heterocycles. The molecule has 2 N–H and O–H groups in total. The largest absolute Gasteiger partial charge is 0.369 e. The van der Waals surface area contributed by atoms with Gasteiger partial charge in [0.2, 0.25) is 5.91 Å². The van der Waals surface area contributed by atoms with Gasteiger partial charge in [-0.05, 0) is 41.7 Å². The number of aliphatic imine (C=N–C) groups is 1. The van der Waals surface area contributed by atoms with Gasteiger partial charge in [0, 0.05) is 18.7 Å². The summed E-state index contributed by atoms with van der Waals surface area (Å²) in [7, 11) is 0. The monoisotopic (exact) mass is 404 g/mol. The maximum atomic E-state index is 12.9. The third-order valence-corrected chi connectivity index (χ3v) is 6.37. The molecular formula is C24H28N4O2. The van der Waals surface area contributed by atoms with Crippen molar-refractivity contribution in [2.24, 2.45) is 16.6 Å². The molecule has 0 aliphatic carbocycles. The number of nitrogens with zero attached hydrogens (tertiary/aromatic N) is 3. The highest BCUT2D eigenvalue weighted by Crippen LogP contribution is 2.30. The quantitative estimate of drug-likeness (QED) is 0.849. The van der Waals surface area contributed by atoms with Crippen molar-refractivity contribution in [1.82, 2.24) is 9.80 Å². The molecule has 0 saturated carbocycles. The van der Waals surface area contributed by atoms with Crippen molar-refractivity contribution in [2.75, 3.05) is 0 Å². The Morgan fingerprint density at radius 2 is 1.70 bits per heavy atom. The molecule has 2 aromatic rings. The molecule has 6 heteroatoms. The number of hydrogen-bond acceptors (Lipinski definition) is 4. The summed E-state index contributed by atoms with van der Waals surface area (Å²) in [4.78, 5) is 33.5. The van der Waals surface area contributed by atoms with Crippen molar-refractivity contribution in [3.8, 4) is 0 Å². The van der Waals surface area contributed by atoms with Crippen LogP contribution in [-0.4, -0.2) is 33.1 Å². The molecule has 2 aliphatic heterocycles. The zero-order valence-electron chi connectivity index (χ0n) is 17.8. The maximum absolute atomic E-state index is 12.9. The van der Waals surface area contributed by atoms with E-state index in [1.807, 2.05) is 62.1 Å². The van der Waals surface area contributed by atoms with E-state index in [9.17, 15) is 9.59 Å². The lowest BCUT2D eigenvalue weighted by Gasteiger charge is -2.37. The van der Waals surface area contributed by atoms with E-state index in [1.165, 1.54) is 16.0 Å². The highest BCUT2D eigenvalue weighted by atomic mass is 16.2. The Morgan fingerprint density at radius 3 is 2.23 bits per heavy atom. The summed E-state index contributed by atoms with van der Waals surface area (Å²) in [6, 6.07) is 15.5. The number of carbonyl (C=O) groups excluding carboxylic acids is 2. The van der Waals surface area contributed by atoms with Gasteiger partial charge in [-0.2, -0.15) is 0 Å². The van der Waals surface area contributed by atoms with Crippen molar-refractivity contribution >= 4 is 17.8 Å². The van der Waals surface area contributed by atoms with Crippen LogP contribution >= 0.6 is 0 Å². The first-order chi connectivity index (χ1) is 14.3. The van der Waals surface area contributed by atoms with Crippen molar-refractivity contribution in [3.05, 3.63) is 70.8 Å². The topological polar surface area (TPSA) is 79.0 Å². The van der Waals surface area contributed by atoms with Crippen LogP contribution in [0.1, 0.15) is 54.2 Å². The Labute approximate surface area is 177 Å². The average Bonchev–Trinajstić information content (AvgIpc) is 3.15. The third kappa shape index (κ3) is 3.70. The molecule has 2 heterocycles. The van der Waals surface area contributed by atoms with Gasteiger partial charge in [0.05, 0.1) is 18.5 Å². The van der Waals surface area contributed by atoms with E-state index in [1.54, 1.807) is 0 Å². The number of rotatable bonds is 4. The number of fused-ring (bicyclic) bond motifs is 1. The van der Waals surface area contributed by atoms with Crippen molar-refractivity contribution in [1.29, 1.82) is 0 Å². The highest BCUT2D eigenvalue weighted by Gasteiger charge is 2.38. The van der Waals surface area contributed by atoms with E-state index < -0.39 is 5.54 Å². The Hall–Kier alpha value is -3.15. The van der Waals surface area contributed by atoms with Gasteiger partial charge in [0.15, 0.2) is 5.96 Å². The molecule has 0 radical (unpaired) electrons. The minimum Gasteiger partial charge on any atom is -0.369 e. The van der Waals surface area contributed by atoms with Gasteiger partial charge in [-0.25, -0.2) is 4.99 Å². The Balaban J connectivity index is 1.44. The molecule has 0 bridgehead atoms. The number of hydrogen-bond donors (Lipinski definition) is 1. The summed E-state index contributed by atoms with van der Waals surface area (Å²) in [6.07, 6.45) is 0.345. The second-order valence-corrected chi connectivity index (χ2v) is 8.77. The number of carbonyl (C=O) groups is 2. The molecule has 0 fully saturated rings. The molecule has 156 valence electrons. The first kappa shape index (κ1) is 20.1. The zero-order valence-corrected chi connectivity index (χ0v) is 17.8. The minimum atomic E-state index is -0.457. The summed E-state index contributed by atoms with van der Waals surface area (Å²) >= 11 is 0. The summed E-state index contributed by atoms with van der Waals surface area (Å²) in [5.41, 5.74) is 9.63. The lowest BCUT2D eigenvalue weighted by atomic mass is 9.84. The second kappa shape index (κ2) is 7.59. The van der Waals surface area contributed by atoms with Crippen LogP contribution in [0.4, 0.5) is 0 Å². The molecule has 30 heavy (non-hydrogen) atoms. The average molecular weight is 405 g/mol. The normalized spacial score (nSPS) is 21.1. The van der Waals surface area contributed by atoms with Crippen LogP contribution in [0.5, 0.6) is 0 Å². The number of amides is 2. The van der Waals surface area contributed by atoms with E-state index in [-0.39, 0.29) is 23.7 Å². The second-order valence-electron chi connectivity index (χ2n) is 8.77. The van der Waals surface area contributed by atoms with Gasteiger partial charge in [0.1, 0.15) is 0 Å². The summed E-state index contributed by atoms with van der Waals surface area (Å²) < 4.78 is 0. The Morgan fingerprint density at radius 1 is 1.10 bits per heavy atom. The van der Waals surface area contributed by atoms with Gasteiger partial charge in [-0.3, -0.25) is 14.5 Å². The molecule has 4 rings (SSSR count). The van der Waals surface area contributed by atoms with E-state index >= 15 is 0 Å². The van der Waals surface area contributed by atoms with Crippen LogP contribution in [0.25, 0.3) is 0 Å². The first-order valence-corrected chi connectivity index (χ1v) is 10.4. The lowest BCUT2D eigenvalue weighted by molar-refractivity contribution is -0.130. The third-order valence-electron chi connectivity index (χ3n) is 6.37.